The van der Waals surface area contributed by atoms with E-state index >= 15 is 0 Å². The Kier molecular flexibility index (Phi) is 3.51. The van der Waals surface area contributed by atoms with E-state index in [2.05, 4.69) is 4.98 Å². The number of aliphatic hydroxyl groups is 1. The van der Waals surface area contributed by atoms with Gasteiger partial charge in [-0.1, -0.05) is 6.07 Å². The van der Waals surface area contributed by atoms with Gasteiger partial charge in [0.05, 0.1) is 5.69 Å². The van der Waals surface area contributed by atoms with Crippen molar-refractivity contribution in [2.24, 2.45) is 0 Å². The van der Waals surface area contributed by atoms with E-state index in [1.807, 2.05) is 0 Å². The molecule has 0 radical (unpaired) electrons. The first-order chi connectivity index (χ1) is 7.44. The number of rotatable bonds is 2. The Balaban J connectivity index is 3.08. The molecular formula is C10H7F3N2O. The van der Waals surface area contributed by atoms with Gasteiger partial charge in [-0.05, 0) is 12.1 Å². The van der Waals surface area contributed by atoms with E-state index in [0.29, 0.717) is 0 Å². The van der Waals surface area contributed by atoms with Crippen molar-refractivity contribution in [3.63, 3.8) is 0 Å². The molecule has 0 saturated heterocycles. The van der Waals surface area contributed by atoms with Crippen LogP contribution in [0, 0.1) is 11.3 Å². The maximum atomic E-state index is 12.0. The smallest absolute Gasteiger partial charge is 0.396 e. The molecule has 0 aliphatic carbocycles. The van der Waals surface area contributed by atoms with E-state index in [9.17, 15) is 18.3 Å². The normalized spacial score (nSPS) is 12.9. The van der Waals surface area contributed by atoms with Gasteiger partial charge in [-0.2, -0.15) is 18.4 Å². The van der Waals surface area contributed by atoms with E-state index in [1.54, 1.807) is 6.07 Å². The first-order valence-corrected chi connectivity index (χ1v) is 4.24. The molecule has 0 amide bonds. The molecule has 0 atom stereocenters. The third kappa shape index (κ3) is 3.28. The molecule has 0 spiro atoms. The predicted molar refractivity (Wildman–Crippen MR) is 50.1 cm³/mol. The molecule has 0 aliphatic rings. The third-order valence-electron chi connectivity index (χ3n) is 1.69. The van der Waals surface area contributed by atoms with Gasteiger partial charge >= 0.3 is 6.18 Å². The van der Waals surface area contributed by atoms with Gasteiger partial charge in [0, 0.05) is 6.20 Å². The molecule has 1 aromatic rings. The number of halogens is 3. The second kappa shape index (κ2) is 4.66. The maximum Gasteiger partial charge on any atom is 0.396 e. The molecule has 0 aliphatic heterocycles. The molecular weight excluding hydrogens is 221 g/mol. The average molecular weight is 228 g/mol. The van der Waals surface area contributed by atoms with Crippen LogP contribution < -0.4 is 0 Å². The first kappa shape index (κ1) is 12.0. The summed E-state index contributed by atoms with van der Waals surface area (Å²) in [6.45, 7) is 0. The number of aromatic nitrogens is 1. The van der Waals surface area contributed by atoms with Crippen molar-refractivity contribution in [3.05, 3.63) is 35.8 Å². The molecule has 0 bridgehead atoms. The lowest BCUT2D eigenvalue weighted by molar-refractivity contribution is -0.132. The highest BCUT2D eigenvalue weighted by atomic mass is 19.4. The fourth-order valence-electron chi connectivity index (χ4n) is 1.06. The van der Waals surface area contributed by atoms with E-state index in [-0.39, 0.29) is 5.69 Å². The zero-order valence-electron chi connectivity index (χ0n) is 7.99. The summed E-state index contributed by atoms with van der Waals surface area (Å²) in [5.74, 6) is -1.02. The van der Waals surface area contributed by atoms with Gasteiger partial charge in [0.1, 0.15) is 23.8 Å². The minimum atomic E-state index is -4.55. The minimum Gasteiger partial charge on any atom is -0.510 e. The van der Waals surface area contributed by atoms with E-state index in [4.69, 9.17) is 5.26 Å². The Labute approximate surface area is 89.5 Å². The van der Waals surface area contributed by atoms with Gasteiger partial charge in [0.15, 0.2) is 0 Å². The number of allylic oxidation sites excluding steroid dienone is 2. The molecule has 1 N–H and O–H groups in total. The molecule has 16 heavy (non-hydrogen) atoms. The molecule has 84 valence electrons. The van der Waals surface area contributed by atoms with Crippen LogP contribution in [0.5, 0.6) is 0 Å². The second-order valence-corrected chi connectivity index (χ2v) is 2.94. The Bertz CT molecular complexity index is 432. The van der Waals surface area contributed by atoms with Gasteiger partial charge < -0.3 is 5.11 Å². The molecule has 0 unspecified atom stereocenters. The Morgan fingerprint density at radius 1 is 1.44 bits per heavy atom. The topological polar surface area (TPSA) is 56.9 Å². The Morgan fingerprint density at radius 3 is 2.56 bits per heavy atom. The summed E-state index contributed by atoms with van der Waals surface area (Å²) in [5, 5.41) is 17.9. The first-order valence-electron chi connectivity index (χ1n) is 4.24. The lowest BCUT2D eigenvalue weighted by Gasteiger charge is -2.07. The quantitative estimate of drug-likeness (QED) is 0.625. The highest BCUT2D eigenvalue weighted by Gasteiger charge is 2.30. The average Bonchev–Trinajstić information content (AvgIpc) is 2.17. The van der Waals surface area contributed by atoms with E-state index in [1.165, 1.54) is 24.4 Å². The summed E-state index contributed by atoms with van der Waals surface area (Å²) >= 11 is 0. The number of pyridine rings is 1. The van der Waals surface area contributed by atoms with Crippen LogP contribution in [0.2, 0.25) is 0 Å². The summed E-state index contributed by atoms with van der Waals surface area (Å²) in [4.78, 5) is 3.69. The fraction of sp³-hybridized carbons (Fsp3) is 0.200. The summed E-state index contributed by atoms with van der Waals surface area (Å²) in [6, 6.07) is 5.93. The Hall–Kier alpha value is -2.03. The number of hydrogen-bond donors (Lipinski definition) is 1. The number of nitriles is 1. The largest absolute Gasteiger partial charge is 0.510 e. The van der Waals surface area contributed by atoms with Gasteiger partial charge in [0.2, 0.25) is 0 Å². The lowest BCUT2D eigenvalue weighted by Crippen LogP contribution is -2.09. The Morgan fingerprint density at radius 2 is 2.12 bits per heavy atom. The number of nitrogens with zero attached hydrogens (tertiary/aromatic N) is 2. The van der Waals surface area contributed by atoms with E-state index in [0.717, 1.165) is 0 Å². The molecule has 0 aromatic carbocycles. The summed E-state index contributed by atoms with van der Waals surface area (Å²) in [6.07, 6.45) is -4.76. The summed E-state index contributed by atoms with van der Waals surface area (Å²) in [7, 11) is 0. The van der Waals surface area contributed by atoms with Crippen LogP contribution in [0.1, 0.15) is 12.1 Å². The van der Waals surface area contributed by atoms with Crippen LogP contribution in [-0.4, -0.2) is 16.3 Å². The van der Waals surface area contributed by atoms with Crippen LogP contribution in [0.4, 0.5) is 13.2 Å². The van der Waals surface area contributed by atoms with Crippen molar-refractivity contribution >= 4 is 5.57 Å². The standard InChI is InChI=1S/C10H7F3N2O/c11-10(12,13)5-9(16)7(6-14)8-3-1-2-4-15-8/h1-4,16H,5H2/b9-7-. The molecule has 0 fully saturated rings. The predicted octanol–water partition coefficient (Wildman–Crippen LogP) is 2.83. The molecule has 1 aromatic heterocycles. The van der Waals surface area contributed by atoms with Crippen LogP contribution in [0.3, 0.4) is 0 Å². The third-order valence-corrected chi connectivity index (χ3v) is 1.69. The monoisotopic (exact) mass is 228 g/mol. The fourth-order valence-corrected chi connectivity index (χ4v) is 1.06. The molecule has 3 nitrogen and oxygen atoms in total. The zero-order chi connectivity index (χ0) is 12.2. The molecule has 1 rings (SSSR count). The maximum absolute atomic E-state index is 12.0. The molecule has 6 heteroatoms. The van der Waals surface area contributed by atoms with Crippen LogP contribution in [0.25, 0.3) is 5.57 Å². The van der Waals surface area contributed by atoms with Crippen molar-refractivity contribution < 1.29 is 18.3 Å². The highest BCUT2D eigenvalue weighted by molar-refractivity contribution is 5.75. The minimum absolute atomic E-state index is 0.0201. The highest BCUT2D eigenvalue weighted by Crippen LogP contribution is 2.27. The second-order valence-electron chi connectivity index (χ2n) is 2.94. The lowest BCUT2D eigenvalue weighted by atomic mass is 10.1. The van der Waals surface area contributed by atoms with Crippen molar-refractivity contribution in [2.75, 3.05) is 0 Å². The van der Waals surface area contributed by atoms with E-state index < -0.39 is 23.9 Å². The SMILES string of the molecule is N#C/C(=C(/O)CC(F)(F)F)c1ccccn1. The van der Waals surface area contributed by atoms with Crippen LogP contribution in [-0.2, 0) is 0 Å². The van der Waals surface area contributed by atoms with Crippen LogP contribution in [0.15, 0.2) is 30.2 Å². The van der Waals surface area contributed by atoms with Crippen molar-refractivity contribution in [1.82, 2.24) is 4.98 Å². The van der Waals surface area contributed by atoms with Gasteiger partial charge in [-0.3, -0.25) is 4.98 Å². The summed E-state index contributed by atoms with van der Waals surface area (Å²) < 4.78 is 36.0. The number of hydrogen-bond acceptors (Lipinski definition) is 3. The summed E-state index contributed by atoms with van der Waals surface area (Å²) in [5.41, 5.74) is -0.440. The number of alkyl halides is 3. The van der Waals surface area contributed by atoms with Gasteiger partial charge in [0.25, 0.3) is 0 Å². The van der Waals surface area contributed by atoms with Crippen LogP contribution >= 0.6 is 0 Å². The number of aliphatic hydroxyl groups excluding tert-OH is 1. The van der Waals surface area contributed by atoms with Crippen molar-refractivity contribution in [3.8, 4) is 6.07 Å². The zero-order valence-corrected chi connectivity index (χ0v) is 7.99. The molecule has 1 heterocycles. The van der Waals surface area contributed by atoms with Crippen molar-refractivity contribution in [1.29, 1.82) is 5.26 Å². The van der Waals surface area contributed by atoms with Gasteiger partial charge in [-0.15, -0.1) is 0 Å². The van der Waals surface area contributed by atoms with Gasteiger partial charge in [-0.25, -0.2) is 0 Å². The van der Waals surface area contributed by atoms with Crippen molar-refractivity contribution in [2.45, 2.75) is 12.6 Å². The molecule has 0 saturated carbocycles.